The Labute approximate surface area is 159 Å². The zero-order valence-electron chi connectivity index (χ0n) is 16.0. The number of β-amino-alcohol motifs (C(OH)–C–C–N with tert-alkyl or cyclic N) is 1. The number of piperidine rings is 1. The maximum atomic E-state index is 12.0. The van der Waals surface area contributed by atoms with Gasteiger partial charge in [0.2, 0.25) is 0 Å². The minimum absolute atomic E-state index is 0.0493. The second kappa shape index (κ2) is 7.30. The van der Waals surface area contributed by atoms with Crippen LogP contribution in [0.4, 0.5) is 0 Å². The smallest absolute Gasteiger partial charge is 0.251 e. The highest BCUT2D eigenvalue weighted by Crippen LogP contribution is 2.34. The predicted molar refractivity (Wildman–Crippen MR) is 98.9 cm³/mol. The molecule has 2 saturated heterocycles. The number of morpholine rings is 1. The minimum atomic E-state index is -0.622. The molecule has 0 aliphatic carbocycles. The SMILES string of the molecule is CC1OC2(CCN(CC(O)C3COc4ccccc4O3)CC2)CN(C)C1=O. The van der Waals surface area contributed by atoms with Crippen LogP contribution in [0.5, 0.6) is 11.5 Å². The van der Waals surface area contributed by atoms with Crippen LogP contribution >= 0.6 is 0 Å². The number of fused-ring (bicyclic) bond motifs is 1. The van der Waals surface area contributed by atoms with Gasteiger partial charge in [-0.2, -0.15) is 0 Å². The van der Waals surface area contributed by atoms with Gasteiger partial charge in [-0.05, 0) is 31.9 Å². The van der Waals surface area contributed by atoms with Crippen LogP contribution in [0, 0.1) is 0 Å². The number of carbonyl (C=O) groups is 1. The summed E-state index contributed by atoms with van der Waals surface area (Å²) in [6.07, 6.45) is 0.334. The van der Waals surface area contributed by atoms with Crippen molar-refractivity contribution >= 4 is 5.91 Å². The van der Waals surface area contributed by atoms with E-state index in [1.807, 2.05) is 38.2 Å². The fourth-order valence-corrected chi connectivity index (χ4v) is 4.31. The minimum Gasteiger partial charge on any atom is -0.486 e. The second-order valence-corrected chi connectivity index (χ2v) is 7.92. The van der Waals surface area contributed by atoms with Crippen LogP contribution in [0.3, 0.4) is 0 Å². The van der Waals surface area contributed by atoms with Gasteiger partial charge in [-0.25, -0.2) is 0 Å². The normalized spacial score (nSPS) is 29.0. The van der Waals surface area contributed by atoms with Crippen molar-refractivity contribution in [3.63, 3.8) is 0 Å². The van der Waals surface area contributed by atoms with E-state index in [0.717, 1.165) is 31.7 Å². The fourth-order valence-electron chi connectivity index (χ4n) is 4.31. The highest BCUT2D eigenvalue weighted by atomic mass is 16.6. The van der Waals surface area contributed by atoms with Gasteiger partial charge in [-0.3, -0.25) is 4.79 Å². The van der Waals surface area contributed by atoms with E-state index in [2.05, 4.69) is 4.90 Å². The molecule has 0 bridgehead atoms. The van der Waals surface area contributed by atoms with Crippen LogP contribution in [-0.2, 0) is 9.53 Å². The lowest BCUT2D eigenvalue weighted by Crippen LogP contribution is -2.61. The van der Waals surface area contributed by atoms with Gasteiger partial charge in [0.15, 0.2) is 17.6 Å². The highest BCUT2D eigenvalue weighted by Gasteiger charge is 2.44. The number of aliphatic hydroxyl groups is 1. The Hall–Kier alpha value is -1.83. The summed E-state index contributed by atoms with van der Waals surface area (Å²) in [4.78, 5) is 16.0. The molecule has 0 aromatic heterocycles. The van der Waals surface area contributed by atoms with Crippen LogP contribution in [0.2, 0.25) is 0 Å². The molecule has 4 rings (SSSR count). The van der Waals surface area contributed by atoms with Gasteiger partial charge in [-0.1, -0.05) is 12.1 Å². The van der Waals surface area contributed by atoms with Crippen molar-refractivity contribution in [1.82, 2.24) is 9.80 Å². The maximum Gasteiger partial charge on any atom is 0.251 e. The Bertz CT molecular complexity index is 673. The van der Waals surface area contributed by atoms with Gasteiger partial charge in [0, 0.05) is 33.2 Å². The number of hydrogen-bond acceptors (Lipinski definition) is 6. The van der Waals surface area contributed by atoms with Gasteiger partial charge in [-0.15, -0.1) is 0 Å². The molecule has 3 aliphatic heterocycles. The van der Waals surface area contributed by atoms with Gasteiger partial charge < -0.3 is 29.1 Å². The number of likely N-dealkylation sites (tertiary alicyclic amines) is 1. The molecule has 3 unspecified atom stereocenters. The molecule has 1 aromatic carbocycles. The van der Waals surface area contributed by atoms with E-state index in [9.17, 15) is 9.90 Å². The Morgan fingerprint density at radius 1 is 1.26 bits per heavy atom. The molecule has 148 valence electrons. The first-order chi connectivity index (χ1) is 13.0. The van der Waals surface area contributed by atoms with Crippen molar-refractivity contribution < 1.29 is 24.1 Å². The summed E-state index contributed by atoms with van der Waals surface area (Å²) in [5, 5.41) is 10.6. The van der Waals surface area contributed by atoms with Crippen molar-refractivity contribution in [3.8, 4) is 11.5 Å². The summed E-state index contributed by atoms with van der Waals surface area (Å²) in [6.45, 7) is 5.02. The van der Waals surface area contributed by atoms with E-state index in [4.69, 9.17) is 14.2 Å². The zero-order chi connectivity index (χ0) is 19.0. The molecule has 3 aliphatic rings. The molecular weight excluding hydrogens is 348 g/mol. The number of hydrogen-bond donors (Lipinski definition) is 1. The molecule has 27 heavy (non-hydrogen) atoms. The number of carbonyl (C=O) groups excluding carboxylic acids is 1. The first-order valence-corrected chi connectivity index (χ1v) is 9.67. The lowest BCUT2D eigenvalue weighted by Gasteiger charge is -2.48. The maximum absolute atomic E-state index is 12.0. The molecule has 3 heterocycles. The lowest BCUT2D eigenvalue weighted by atomic mass is 9.88. The number of para-hydroxylation sites is 2. The quantitative estimate of drug-likeness (QED) is 0.845. The average Bonchev–Trinajstić information content (AvgIpc) is 2.67. The van der Waals surface area contributed by atoms with Crippen molar-refractivity contribution in [2.45, 2.75) is 43.7 Å². The first kappa shape index (κ1) is 18.5. The predicted octanol–water partition coefficient (Wildman–Crippen LogP) is 0.899. The van der Waals surface area contributed by atoms with Crippen LogP contribution in [0.15, 0.2) is 24.3 Å². The van der Waals surface area contributed by atoms with Crippen molar-refractivity contribution in [2.24, 2.45) is 0 Å². The van der Waals surface area contributed by atoms with E-state index in [1.165, 1.54) is 0 Å². The lowest BCUT2D eigenvalue weighted by molar-refractivity contribution is -0.187. The molecule has 7 heteroatoms. The molecule has 7 nitrogen and oxygen atoms in total. The van der Waals surface area contributed by atoms with E-state index in [1.54, 1.807) is 4.90 Å². The standard InChI is InChI=1S/C20H28N2O5/c1-14-19(24)21(2)13-20(27-14)7-9-22(10-8-20)11-15(23)18-12-25-16-5-3-4-6-17(16)26-18/h3-6,14-15,18,23H,7-13H2,1-2H3. The highest BCUT2D eigenvalue weighted by molar-refractivity contribution is 5.81. The zero-order valence-corrected chi connectivity index (χ0v) is 16.0. The number of ether oxygens (including phenoxy) is 3. The largest absolute Gasteiger partial charge is 0.486 e. The summed E-state index contributed by atoms with van der Waals surface area (Å²) >= 11 is 0. The number of likely N-dealkylation sites (N-methyl/N-ethyl adjacent to an activating group) is 1. The van der Waals surface area contributed by atoms with E-state index >= 15 is 0 Å². The molecular formula is C20H28N2O5. The van der Waals surface area contributed by atoms with Crippen LogP contribution in [-0.4, -0.2) is 84.6 Å². The third-order valence-electron chi connectivity index (χ3n) is 5.85. The molecule has 0 radical (unpaired) electrons. The third-order valence-corrected chi connectivity index (χ3v) is 5.85. The molecule has 1 N–H and O–H groups in total. The van der Waals surface area contributed by atoms with Crippen LogP contribution in [0.25, 0.3) is 0 Å². The van der Waals surface area contributed by atoms with Crippen molar-refractivity contribution in [3.05, 3.63) is 24.3 Å². The number of benzene rings is 1. The molecule has 1 aromatic rings. The van der Waals surface area contributed by atoms with Gasteiger partial charge in [0.05, 0.1) is 5.60 Å². The second-order valence-electron chi connectivity index (χ2n) is 7.92. The summed E-state index contributed by atoms with van der Waals surface area (Å²) in [7, 11) is 1.84. The third kappa shape index (κ3) is 3.77. The molecule has 1 spiro atoms. The van der Waals surface area contributed by atoms with E-state index in [-0.39, 0.29) is 23.7 Å². The summed E-state index contributed by atoms with van der Waals surface area (Å²) in [5.41, 5.74) is -0.257. The summed E-state index contributed by atoms with van der Waals surface area (Å²) < 4.78 is 17.7. The number of aliphatic hydroxyl groups excluding tert-OH is 1. The Morgan fingerprint density at radius 3 is 2.67 bits per heavy atom. The Kier molecular flexibility index (Phi) is 5.01. The van der Waals surface area contributed by atoms with Gasteiger partial charge >= 0.3 is 0 Å². The topological polar surface area (TPSA) is 71.5 Å². The number of nitrogens with zero attached hydrogens (tertiary/aromatic N) is 2. The average molecular weight is 376 g/mol. The van der Waals surface area contributed by atoms with Crippen LogP contribution in [0.1, 0.15) is 19.8 Å². The summed E-state index contributed by atoms with van der Waals surface area (Å²) in [6, 6.07) is 7.53. The molecule has 2 fully saturated rings. The molecule has 0 saturated carbocycles. The van der Waals surface area contributed by atoms with Gasteiger partial charge in [0.1, 0.15) is 18.8 Å². The Balaban J connectivity index is 1.30. The van der Waals surface area contributed by atoms with E-state index in [0.29, 0.717) is 25.4 Å². The molecule has 3 atom stereocenters. The van der Waals surface area contributed by atoms with Crippen molar-refractivity contribution in [1.29, 1.82) is 0 Å². The first-order valence-electron chi connectivity index (χ1n) is 9.67. The monoisotopic (exact) mass is 376 g/mol. The number of amides is 1. The van der Waals surface area contributed by atoms with Crippen molar-refractivity contribution in [2.75, 3.05) is 39.8 Å². The van der Waals surface area contributed by atoms with Gasteiger partial charge in [0.25, 0.3) is 5.91 Å². The fraction of sp³-hybridized carbons (Fsp3) is 0.650. The van der Waals surface area contributed by atoms with E-state index < -0.39 is 6.10 Å². The molecule has 1 amide bonds. The Morgan fingerprint density at radius 2 is 1.96 bits per heavy atom. The van der Waals surface area contributed by atoms with Crippen LogP contribution < -0.4 is 9.47 Å². The number of rotatable bonds is 3. The summed E-state index contributed by atoms with van der Waals surface area (Å²) in [5.74, 6) is 1.46.